The Labute approximate surface area is 160 Å². The summed E-state index contributed by atoms with van der Waals surface area (Å²) in [5.74, 6) is 1.12. The van der Waals surface area contributed by atoms with Gasteiger partial charge in [-0.2, -0.15) is 0 Å². The van der Waals surface area contributed by atoms with Gasteiger partial charge in [-0.1, -0.05) is 0 Å². The average Bonchev–Trinajstić information content (AvgIpc) is 3.32. The lowest BCUT2D eigenvalue weighted by atomic mass is 9.53. The summed E-state index contributed by atoms with van der Waals surface area (Å²) in [6.45, 7) is 2.33. The van der Waals surface area contributed by atoms with E-state index in [1.54, 1.807) is 12.4 Å². The van der Waals surface area contributed by atoms with Crippen LogP contribution in [0.3, 0.4) is 0 Å². The van der Waals surface area contributed by atoms with Gasteiger partial charge in [0.15, 0.2) is 10.8 Å². The Balaban J connectivity index is 1.33. The molecule has 2 aromatic rings. The molecule has 0 radical (unpaired) electrons. The number of nitrogens with one attached hydrogen (secondary N) is 2. The summed E-state index contributed by atoms with van der Waals surface area (Å²) in [7, 11) is 0. The van der Waals surface area contributed by atoms with Gasteiger partial charge in [0.1, 0.15) is 5.82 Å². The Bertz CT molecular complexity index is 858. The van der Waals surface area contributed by atoms with Crippen LogP contribution in [-0.4, -0.2) is 51.7 Å². The fraction of sp³-hybridized carbons (Fsp3) is 0.556. The SMILES string of the molecule is NC(=O)C12CC(CNc3ccnc(-c4nccs4)n3)(C1)OC21CCNCC1. The van der Waals surface area contributed by atoms with E-state index in [2.05, 4.69) is 25.6 Å². The van der Waals surface area contributed by atoms with Gasteiger partial charge in [0.05, 0.1) is 16.6 Å². The van der Waals surface area contributed by atoms with Crippen molar-refractivity contribution in [3.63, 3.8) is 0 Å². The van der Waals surface area contributed by atoms with Crippen LogP contribution in [0.15, 0.2) is 23.8 Å². The highest BCUT2D eigenvalue weighted by molar-refractivity contribution is 7.13. The summed E-state index contributed by atoms with van der Waals surface area (Å²) >= 11 is 1.51. The first kappa shape index (κ1) is 17.0. The quantitative estimate of drug-likeness (QED) is 0.706. The molecule has 3 saturated heterocycles. The largest absolute Gasteiger partial charge is 0.369 e. The second-order valence-electron chi connectivity index (χ2n) is 7.79. The minimum absolute atomic E-state index is 0.217. The number of carbonyl (C=O) groups excluding carboxylic acids is 1. The van der Waals surface area contributed by atoms with Gasteiger partial charge >= 0.3 is 0 Å². The molecule has 1 saturated carbocycles. The van der Waals surface area contributed by atoms with Gasteiger partial charge in [-0.3, -0.25) is 4.79 Å². The van der Waals surface area contributed by atoms with E-state index in [4.69, 9.17) is 10.5 Å². The molecule has 142 valence electrons. The Morgan fingerprint density at radius 2 is 2.11 bits per heavy atom. The summed E-state index contributed by atoms with van der Waals surface area (Å²) in [6, 6.07) is 1.84. The van der Waals surface area contributed by atoms with Crippen LogP contribution in [0.1, 0.15) is 25.7 Å². The summed E-state index contributed by atoms with van der Waals surface area (Å²) in [5.41, 5.74) is 4.55. The van der Waals surface area contributed by atoms with E-state index in [0.717, 1.165) is 36.8 Å². The van der Waals surface area contributed by atoms with Crippen molar-refractivity contribution in [1.82, 2.24) is 20.3 Å². The smallest absolute Gasteiger partial charge is 0.226 e. The lowest BCUT2D eigenvalue weighted by Crippen LogP contribution is -2.60. The topological polar surface area (TPSA) is 115 Å². The third-order valence-corrected chi connectivity index (χ3v) is 7.05. The number of rotatable bonds is 5. The van der Waals surface area contributed by atoms with E-state index in [1.807, 2.05) is 11.4 Å². The molecule has 4 N–H and O–H groups in total. The number of nitrogens with two attached hydrogens (primary N) is 1. The van der Waals surface area contributed by atoms with E-state index < -0.39 is 11.0 Å². The van der Waals surface area contributed by atoms with E-state index in [9.17, 15) is 4.79 Å². The third kappa shape index (κ3) is 2.49. The fourth-order valence-electron chi connectivity index (χ4n) is 5.07. The van der Waals surface area contributed by atoms with Crippen molar-refractivity contribution >= 4 is 23.1 Å². The van der Waals surface area contributed by atoms with Crippen molar-refractivity contribution in [3.8, 4) is 10.8 Å². The van der Waals surface area contributed by atoms with Crippen LogP contribution in [-0.2, 0) is 9.53 Å². The maximum absolute atomic E-state index is 12.3. The minimum atomic E-state index is -0.519. The van der Waals surface area contributed by atoms with E-state index >= 15 is 0 Å². The first-order chi connectivity index (χ1) is 13.1. The number of ether oxygens (including phenoxy) is 1. The highest BCUT2D eigenvalue weighted by Gasteiger charge is 2.77. The van der Waals surface area contributed by atoms with Crippen molar-refractivity contribution in [3.05, 3.63) is 23.8 Å². The zero-order chi connectivity index (χ0) is 18.5. The molecule has 0 atom stereocenters. The Kier molecular flexibility index (Phi) is 3.75. The molecule has 2 bridgehead atoms. The number of thiazole rings is 1. The molecule has 4 fully saturated rings. The molecule has 1 amide bonds. The second-order valence-corrected chi connectivity index (χ2v) is 8.68. The van der Waals surface area contributed by atoms with Crippen LogP contribution in [0.25, 0.3) is 10.8 Å². The normalized spacial score (nSPS) is 30.8. The molecule has 2 aromatic heterocycles. The van der Waals surface area contributed by atoms with Crippen LogP contribution < -0.4 is 16.4 Å². The third-order valence-electron chi connectivity index (χ3n) is 6.29. The maximum atomic E-state index is 12.3. The molecule has 3 aliphatic heterocycles. The van der Waals surface area contributed by atoms with Crippen molar-refractivity contribution < 1.29 is 9.53 Å². The summed E-state index contributed by atoms with van der Waals surface area (Å²) in [6.07, 6.45) is 6.51. The number of carbonyl (C=O) groups is 1. The number of nitrogens with zero attached hydrogens (tertiary/aromatic N) is 3. The van der Waals surface area contributed by atoms with Crippen molar-refractivity contribution in [2.45, 2.75) is 36.9 Å². The second kappa shape index (κ2) is 5.95. The molecule has 8 nitrogen and oxygen atoms in total. The van der Waals surface area contributed by atoms with Gasteiger partial charge in [-0.05, 0) is 44.8 Å². The van der Waals surface area contributed by atoms with Crippen LogP contribution >= 0.6 is 11.3 Å². The highest BCUT2D eigenvalue weighted by atomic mass is 32.1. The molecule has 1 spiro atoms. The number of hydrogen-bond donors (Lipinski definition) is 3. The van der Waals surface area contributed by atoms with Crippen molar-refractivity contribution in [1.29, 1.82) is 0 Å². The molecule has 0 aromatic carbocycles. The van der Waals surface area contributed by atoms with Crippen LogP contribution in [0, 0.1) is 5.41 Å². The number of hydrogen-bond acceptors (Lipinski definition) is 8. The molecule has 0 unspecified atom stereocenters. The van der Waals surface area contributed by atoms with Crippen LogP contribution in [0.2, 0.25) is 0 Å². The zero-order valence-corrected chi connectivity index (χ0v) is 15.7. The average molecular weight is 386 g/mol. The number of primary amides is 1. The number of piperidine rings is 1. The Morgan fingerprint density at radius 3 is 2.81 bits per heavy atom. The van der Waals surface area contributed by atoms with Gasteiger partial charge in [-0.15, -0.1) is 11.3 Å². The summed E-state index contributed by atoms with van der Waals surface area (Å²) in [5, 5.41) is 9.42. The highest BCUT2D eigenvalue weighted by Crippen LogP contribution is 2.68. The predicted octanol–water partition coefficient (Wildman–Crippen LogP) is 1.17. The molecule has 5 heterocycles. The minimum Gasteiger partial charge on any atom is -0.369 e. The molecule has 27 heavy (non-hydrogen) atoms. The fourth-order valence-corrected chi connectivity index (χ4v) is 5.65. The molecule has 9 heteroatoms. The monoisotopic (exact) mass is 386 g/mol. The first-order valence-corrected chi connectivity index (χ1v) is 10.1. The summed E-state index contributed by atoms with van der Waals surface area (Å²) < 4.78 is 6.58. The lowest BCUT2D eigenvalue weighted by molar-refractivity contribution is -0.137. The van der Waals surface area contributed by atoms with Crippen LogP contribution in [0.4, 0.5) is 5.82 Å². The number of anilines is 1. The van der Waals surface area contributed by atoms with E-state index in [0.29, 0.717) is 25.2 Å². The summed E-state index contributed by atoms with van der Waals surface area (Å²) in [4.78, 5) is 25.4. The van der Waals surface area contributed by atoms with E-state index in [-0.39, 0.29) is 11.5 Å². The van der Waals surface area contributed by atoms with Crippen LogP contribution in [0.5, 0.6) is 0 Å². The van der Waals surface area contributed by atoms with Gasteiger partial charge in [0.2, 0.25) is 5.91 Å². The Hall–Kier alpha value is -2.10. The molecular formula is C18H22N6O2S. The van der Waals surface area contributed by atoms with Gasteiger partial charge in [0.25, 0.3) is 0 Å². The first-order valence-electron chi connectivity index (χ1n) is 9.24. The Morgan fingerprint density at radius 1 is 1.30 bits per heavy atom. The van der Waals surface area contributed by atoms with Gasteiger partial charge < -0.3 is 21.1 Å². The van der Waals surface area contributed by atoms with Crippen molar-refractivity contribution in [2.75, 3.05) is 25.0 Å². The van der Waals surface area contributed by atoms with Gasteiger partial charge in [0, 0.05) is 24.3 Å². The lowest BCUT2D eigenvalue weighted by Gasteiger charge is -2.47. The predicted molar refractivity (Wildman–Crippen MR) is 101 cm³/mol. The molecule has 1 aliphatic carbocycles. The standard InChI is InChI=1S/C18H22N6O2S/c19-15(25)17-9-16(10-17,26-18(17)2-5-20-6-3-18)11-23-12-1-4-21-13(24-12)14-22-7-8-27-14/h1,4,7-8,20H,2-3,5-6,9-11H2,(H2,19,25)(H,21,23,24). The molecule has 4 aliphatic rings. The van der Waals surface area contributed by atoms with E-state index in [1.165, 1.54) is 11.3 Å². The number of amides is 1. The van der Waals surface area contributed by atoms with Gasteiger partial charge in [-0.25, -0.2) is 15.0 Å². The molecular weight excluding hydrogens is 364 g/mol. The zero-order valence-electron chi connectivity index (χ0n) is 14.9. The number of aromatic nitrogens is 3. The maximum Gasteiger partial charge on any atom is 0.226 e. The van der Waals surface area contributed by atoms with Crippen molar-refractivity contribution in [2.24, 2.45) is 11.1 Å². The molecule has 6 rings (SSSR count).